The summed E-state index contributed by atoms with van der Waals surface area (Å²) in [4.78, 5) is 16.3. The minimum absolute atomic E-state index is 0.0617. The Morgan fingerprint density at radius 3 is 2.60 bits per heavy atom. The highest BCUT2D eigenvalue weighted by atomic mass is 16.5. The molecule has 1 aromatic heterocycles. The van der Waals surface area contributed by atoms with E-state index in [-0.39, 0.29) is 17.2 Å². The second-order valence-electron chi connectivity index (χ2n) is 6.00. The Labute approximate surface area is 120 Å². The van der Waals surface area contributed by atoms with Crippen LogP contribution in [-0.2, 0) is 4.79 Å². The third-order valence-corrected chi connectivity index (χ3v) is 2.81. The van der Waals surface area contributed by atoms with E-state index in [1.165, 1.54) is 0 Å². The Morgan fingerprint density at radius 1 is 1.45 bits per heavy atom. The summed E-state index contributed by atoms with van der Waals surface area (Å²) in [6, 6.07) is 3.51. The molecule has 0 spiro atoms. The average molecular weight is 279 g/mol. The van der Waals surface area contributed by atoms with Crippen molar-refractivity contribution in [2.75, 3.05) is 18.5 Å². The number of rotatable bonds is 6. The van der Waals surface area contributed by atoms with Crippen LogP contribution >= 0.6 is 0 Å². The highest BCUT2D eigenvalue weighted by molar-refractivity contribution is 5.92. The van der Waals surface area contributed by atoms with Crippen LogP contribution in [0.15, 0.2) is 18.3 Å². The van der Waals surface area contributed by atoms with Crippen molar-refractivity contribution in [2.45, 2.75) is 34.1 Å². The van der Waals surface area contributed by atoms with Crippen LogP contribution in [0.2, 0.25) is 0 Å². The number of nitrogens with zero attached hydrogens (tertiary/aromatic N) is 1. The number of anilines is 1. The standard InChI is InChI=1S/C15H25N3O2/c1-5-20-13-7-6-12(10-17-13)18-14(19)11(9-16)8-15(2,3)4/h6-7,10-11H,5,8-9,16H2,1-4H3,(H,18,19). The van der Waals surface area contributed by atoms with Crippen molar-refractivity contribution < 1.29 is 9.53 Å². The second kappa shape index (κ2) is 7.24. The number of carbonyl (C=O) groups excluding carboxylic acids is 1. The number of pyridine rings is 1. The first kappa shape index (κ1) is 16.4. The smallest absolute Gasteiger partial charge is 0.228 e. The van der Waals surface area contributed by atoms with Gasteiger partial charge in [0.05, 0.1) is 24.4 Å². The minimum atomic E-state index is -0.193. The van der Waals surface area contributed by atoms with Gasteiger partial charge in [0.25, 0.3) is 0 Å². The molecule has 112 valence electrons. The number of aromatic nitrogens is 1. The molecule has 5 nitrogen and oxygen atoms in total. The fraction of sp³-hybridized carbons (Fsp3) is 0.600. The Bertz CT molecular complexity index is 424. The zero-order valence-corrected chi connectivity index (χ0v) is 12.8. The first-order chi connectivity index (χ1) is 9.35. The predicted octanol–water partition coefficient (Wildman–Crippen LogP) is 2.43. The number of amides is 1. The number of hydrogen-bond acceptors (Lipinski definition) is 4. The van der Waals surface area contributed by atoms with Gasteiger partial charge in [-0.25, -0.2) is 4.98 Å². The van der Waals surface area contributed by atoms with E-state index in [2.05, 4.69) is 31.1 Å². The molecule has 1 aromatic rings. The van der Waals surface area contributed by atoms with Gasteiger partial charge in [0, 0.05) is 12.6 Å². The molecule has 0 saturated heterocycles. The lowest BCUT2D eigenvalue weighted by Crippen LogP contribution is -2.32. The summed E-state index contributed by atoms with van der Waals surface area (Å²) in [5.74, 6) is 0.297. The van der Waals surface area contributed by atoms with Crippen LogP contribution < -0.4 is 15.8 Å². The number of hydrogen-bond donors (Lipinski definition) is 2. The van der Waals surface area contributed by atoms with Gasteiger partial charge in [-0.1, -0.05) is 20.8 Å². The van der Waals surface area contributed by atoms with Crippen LogP contribution in [0, 0.1) is 11.3 Å². The van der Waals surface area contributed by atoms with Crippen molar-refractivity contribution >= 4 is 11.6 Å². The molecule has 0 radical (unpaired) electrons. The number of carbonyl (C=O) groups is 1. The van der Waals surface area contributed by atoms with Gasteiger partial charge in [-0.3, -0.25) is 4.79 Å². The number of ether oxygens (including phenoxy) is 1. The molecule has 1 unspecified atom stereocenters. The molecule has 1 atom stereocenters. The van der Waals surface area contributed by atoms with Crippen LogP contribution in [0.25, 0.3) is 0 Å². The highest BCUT2D eigenvalue weighted by Crippen LogP contribution is 2.25. The normalized spacial score (nSPS) is 12.8. The lowest BCUT2D eigenvalue weighted by atomic mass is 9.84. The van der Waals surface area contributed by atoms with Crippen LogP contribution in [0.5, 0.6) is 5.88 Å². The molecule has 1 rings (SSSR count). The van der Waals surface area contributed by atoms with Crippen molar-refractivity contribution in [3.63, 3.8) is 0 Å². The van der Waals surface area contributed by atoms with Crippen molar-refractivity contribution in [1.82, 2.24) is 4.98 Å². The molecule has 1 heterocycles. The SMILES string of the molecule is CCOc1ccc(NC(=O)C(CN)CC(C)(C)C)cn1. The highest BCUT2D eigenvalue weighted by Gasteiger charge is 2.23. The van der Waals surface area contributed by atoms with E-state index in [4.69, 9.17) is 10.5 Å². The monoisotopic (exact) mass is 279 g/mol. The average Bonchev–Trinajstić information content (AvgIpc) is 2.37. The van der Waals surface area contributed by atoms with Crippen molar-refractivity contribution in [3.8, 4) is 5.88 Å². The summed E-state index contributed by atoms with van der Waals surface area (Å²) in [7, 11) is 0. The van der Waals surface area contributed by atoms with Gasteiger partial charge in [-0.15, -0.1) is 0 Å². The number of nitrogens with one attached hydrogen (secondary N) is 1. The van der Waals surface area contributed by atoms with E-state index in [1.807, 2.05) is 6.92 Å². The molecular weight excluding hydrogens is 254 g/mol. The molecule has 5 heteroatoms. The van der Waals surface area contributed by atoms with Crippen molar-refractivity contribution in [2.24, 2.45) is 17.1 Å². The molecular formula is C15H25N3O2. The molecule has 0 aliphatic rings. The van der Waals surface area contributed by atoms with Gasteiger partial charge in [0.2, 0.25) is 11.8 Å². The first-order valence-corrected chi connectivity index (χ1v) is 6.95. The van der Waals surface area contributed by atoms with Crippen LogP contribution in [0.4, 0.5) is 5.69 Å². The van der Waals surface area contributed by atoms with Gasteiger partial charge < -0.3 is 15.8 Å². The van der Waals surface area contributed by atoms with Gasteiger partial charge >= 0.3 is 0 Å². The lowest BCUT2D eigenvalue weighted by molar-refractivity contribution is -0.120. The van der Waals surface area contributed by atoms with E-state index < -0.39 is 0 Å². The predicted molar refractivity (Wildman–Crippen MR) is 80.7 cm³/mol. The van der Waals surface area contributed by atoms with E-state index in [0.29, 0.717) is 24.7 Å². The van der Waals surface area contributed by atoms with Crippen molar-refractivity contribution in [1.29, 1.82) is 0 Å². The third kappa shape index (κ3) is 5.57. The van der Waals surface area contributed by atoms with Gasteiger partial charge in [-0.2, -0.15) is 0 Å². The summed E-state index contributed by atoms with van der Waals surface area (Å²) in [6.45, 7) is 9.10. The molecule has 0 aromatic carbocycles. The Kier molecular flexibility index (Phi) is 5.95. The summed E-state index contributed by atoms with van der Waals surface area (Å²) in [5.41, 5.74) is 6.43. The van der Waals surface area contributed by atoms with E-state index in [9.17, 15) is 4.79 Å². The minimum Gasteiger partial charge on any atom is -0.478 e. The van der Waals surface area contributed by atoms with Crippen LogP contribution in [0.3, 0.4) is 0 Å². The van der Waals surface area contributed by atoms with Gasteiger partial charge in [0.15, 0.2) is 0 Å². The Balaban J connectivity index is 2.64. The molecule has 0 fully saturated rings. The molecule has 3 N–H and O–H groups in total. The van der Waals surface area contributed by atoms with E-state index in [0.717, 1.165) is 6.42 Å². The van der Waals surface area contributed by atoms with Gasteiger partial charge in [-0.05, 0) is 24.8 Å². The summed E-state index contributed by atoms with van der Waals surface area (Å²) >= 11 is 0. The van der Waals surface area contributed by atoms with Crippen LogP contribution in [0.1, 0.15) is 34.1 Å². The molecule has 0 saturated carbocycles. The Hall–Kier alpha value is -1.62. The molecule has 0 bridgehead atoms. The third-order valence-electron chi connectivity index (χ3n) is 2.81. The summed E-state index contributed by atoms with van der Waals surface area (Å²) < 4.78 is 5.26. The fourth-order valence-corrected chi connectivity index (χ4v) is 1.95. The maximum Gasteiger partial charge on any atom is 0.228 e. The molecule has 20 heavy (non-hydrogen) atoms. The molecule has 0 aliphatic carbocycles. The zero-order valence-electron chi connectivity index (χ0n) is 12.8. The quantitative estimate of drug-likeness (QED) is 0.838. The Morgan fingerprint density at radius 2 is 2.15 bits per heavy atom. The summed E-state index contributed by atoms with van der Waals surface area (Å²) in [5, 5.41) is 2.85. The first-order valence-electron chi connectivity index (χ1n) is 6.95. The van der Waals surface area contributed by atoms with E-state index >= 15 is 0 Å². The molecule has 0 aliphatic heterocycles. The molecule has 1 amide bonds. The topological polar surface area (TPSA) is 77.2 Å². The van der Waals surface area contributed by atoms with Gasteiger partial charge in [0.1, 0.15) is 0 Å². The largest absolute Gasteiger partial charge is 0.478 e. The lowest BCUT2D eigenvalue weighted by Gasteiger charge is -2.24. The maximum absolute atomic E-state index is 12.2. The maximum atomic E-state index is 12.2. The van der Waals surface area contributed by atoms with E-state index in [1.54, 1.807) is 18.3 Å². The summed E-state index contributed by atoms with van der Waals surface area (Å²) in [6.07, 6.45) is 2.34. The number of nitrogens with two attached hydrogens (primary N) is 1. The zero-order chi connectivity index (χ0) is 15.2. The second-order valence-corrected chi connectivity index (χ2v) is 6.00. The van der Waals surface area contributed by atoms with Crippen LogP contribution in [-0.4, -0.2) is 24.0 Å². The fourth-order valence-electron chi connectivity index (χ4n) is 1.95. The van der Waals surface area contributed by atoms with Crippen molar-refractivity contribution in [3.05, 3.63) is 18.3 Å².